The van der Waals surface area contributed by atoms with Crippen LogP contribution in [0.25, 0.3) is 0 Å². The first-order valence-corrected chi connectivity index (χ1v) is 11.3. The largest absolute Gasteiger partial charge is 0.306 e. The van der Waals surface area contributed by atoms with Gasteiger partial charge < -0.3 is 4.90 Å². The molecule has 0 saturated carbocycles. The Morgan fingerprint density at radius 1 is 1.25 bits per heavy atom. The van der Waals surface area contributed by atoms with E-state index in [1.807, 2.05) is 24.6 Å². The van der Waals surface area contributed by atoms with Crippen LogP contribution in [0.15, 0.2) is 51.8 Å². The predicted octanol–water partition coefficient (Wildman–Crippen LogP) is 2.23. The average Bonchev–Trinajstić information content (AvgIpc) is 3.21. The molecule has 150 valence electrons. The summed E-state index contributed by atoms with van der Waals surface area (Å²) in [5.74, 6) is -0.388. The molecule has 28 heavy (non-hydrogen) atoms. The molecule has 9 heteroatoms. The van der Waals surface area contributed by atoms with Crippen LogP contribution in [0.4, 0.5) is 0 Å². The molecule has 1 saturated heterocycles. The first kappa shape index (κ1) is 20.7. The van der Waals surface area contributed by atoms with E-state index in [1.54, 1.807) is 13.3 Å². The van der Waals surface area contributed by atoms with E-state index < -0.39 is 10.0 Å². The zero-order valence-electron chi connectivity index (χ0n) is 15.9. The summed E-state index contributed by atoms with van der Waals surface area (Å²) in [5, 5.41) is 5.83. The number of hydrogen-bond acceptors (Lipinski definition) is 6. The lowest BCUT2D eigenvalue weighted by atomic mass is 10.1. The van der Waals surface area contributed by atoms with Crippen LogP contribution in [-0.2, 0) is 10.0 Å². The Bertz CT molecular complexity index is 917. The van der Waals surface area contributed by atoms with E-state index in [0.717, 1.165) is 30.8 Å². The molecule has 2 heterocycles. The van der Waals surface area contributed by atoms with Gasteiger partial charge in [0, 0.05) is 23.5 Å². The molecule has 1 fully saturated rings. The fourth-order valence-electron chi connectivity index (χ4n) is 3.08. The molecule has 0 bridgehead atoms. The highest BCUT2D eigenvalue weighted by molar-refractivity contribution is 7.89. The Labute approximate surface area is 169 Å². The Morgan fingerprint density at radius 2 is 1.93 bits per heavy atom. The number of nitrogens with zero attached hydrogens (tertiary/aromatic N) is 3. The van der Waals surface area contributed by atoms with Crippen LogP contribution in [0, 0.1) is 0 Å². The molecule has 1 aromatic carbocycles. The molecule has 0 aliphatic carbocycles. The number of likely N-dealkylation sites (tertiary alicyclic amines) is 1. The van der Waals surface area contributed by atoms with E-state index in [1.165, 1.54) is 39.9 Å². The van der Waals surface area contributed by atoms with Gasteiger partial charge in [-0.05, 0) is 68.7 Å². The summed E-state index contributed by atoms with van der Waals surface area (Å²) in [4.78, 5) is 15.5. The van der Waals surface area contributed by atoms with Crippen molar-refractivity contribution < 1.29 is 13.2 Å². The van der Waals surface area contributed by atoms with E-state index in [0.29, 0.717) is 5.56 Å². The Kier molecular flexibility index (Phi) is 6.61. The fraction of sp³-hybridized carbons (Fsp3) is 0.368. The number of carbonyl (C=O) groups excluding carboxylic acids is 1. The Balaban J connectivity index is 1.64. The maximum Gasteiger partial charge on any atom is 0.271 e. The fourth-order valence-corrected chi connectivity index (χ4v) is 5.08. The molecule has 2 aromatic rings. The molecular formula is C19H24N4O3S2. The number of carbonyl (C=O) groups is 1. The smallest absolute Gasteiger partial charge is 0.271 e. The number of hydrogen-bond donors (Lipinski definition) is 1. The van der Waals surface area contributed by atoms with Gasteiger partial charge >= 0.3 is 0 Å². The monoisotopic (exact) mass is 420 g/mol. The molecule has 1 aliphatic rings. The van der Waals surface area contributed by atoms with Gasteiger partial charge in [0.1, 0.15) is 0 Å². The third-order valence-corrected chi connectivity index (χ3v) is 7.63. The van der Waals surface area contributed by atoms with Crippen LogP contribution in [0.2, 0.25) is 0 Å². The number of amides is 1. The molecule has 1 amide bonds. The summed E-state index contributed by atoms with van der Waals surface area (Å²) < 4.78 is 27.2. The van der Waals surface area contributed by atoms with Crippen LogP contribution in [-0.4, -0.2) is 63.0 Å². The molecule has 1 aliphatic heterocycles. The zero-order chi connectivity index (χ0) is 20.1. The molecule has 0 atom stereocenters. The molecule has 7 nitrogen and oxygen atoms in total. The SMILES string of the molecule is CN1CCC(N(C)S(=O)(=O)c2ccc(C(=O)N/N=C\c3cccs3)cc2)CC1. The van der Waals surface area contributed by atoms with Crippen molar-refractivity contribution in [2.75, 3.05) is 27.2 Å². The predicted molar refractivity (Wildman–Crippen MR) is 111 cm³/mol. The van der Waals surface area contributed by atoms with E-state index in [9.17, 15) is 13.2 Å². The number of rotatable bonds is 6. The van der Waals surface area contributed by atoms with E-state index in [4.69, 9.17) is 0 Å². The number of hydrazone groups is 1. The summed E-state index contributed by atoms with van der Waals surface area (Å²) in [6.45, 7) is 1.77. The molecule has 0 unspecified atom stereocenters. The third-order valence-electron chi connectivity index (χ3n) is 4.90. The van der Waals surface area contributed by atoms with Crippen LogP contribution in [0.3, 0.4) is 0 Å². The number of thiophene rings is 1. The van der Waals surface area contributed by atoms with Gasteiger partial charge in [-0.25, -0.2) is 13.8 Å². The molecule has 3 rings (SSSR count). The molecular weight excluding hydrogens is 396 g/mol. The Hall–Kier alpha value is -2.07. The number of piperidine rings is 1. The molecule has 1 aromatic heterocycles. The van der Waals surface area contributed by atoms with Crippen LogP contribution < -0.4 is 5.43 Å². The standard InChI is InChI=1S/C19H24N4O3S2/c1-22-11-9-16(10-12-22)23(2)28(25,26)18-7-5-15(6-8-18)19(24)21-20-14-17-4-3-13-27-17/h3-8,13-14,16H,9-12H2,1-2H3,(H,21,24)/b20-14-. The third kappa shape index (κ3) is 4.85. The van der Waals surface area contributed by atoms with Crippen molar-refractivity contribution in [3.63, 3.8) is 0 Å². The first-order chi connectivity index (χ1) is 13.4. The van der Waals surface area contributed by atoms with Gasteiger partial charge in [0.15, 0.2) is 0 Å². The second-order valence-corrected chi connectivity index (χ2v) is 9.77. The minimum atomic E-state index is -3.59. The van der Waals surface area contributed by atoms with Crippen molar-refractivity contribution in [2.24, 2.45) is 5.10 Å². The summed E-state index contributed by atoms with van der Waals surface area (Å²) >= 11 is 1.51. The summed E-state index contributed by atoms with van der Waals surface area (Å²) in [6, 6.07) is 9.74. The highest BCUT2D eigenvalue weighted by atomic mass is 32.2. The van der Waals surface area contributed by atoms with Gasteiger partial charge in [0.25, 0.3) is 5.91 Å². The van der Waals surface area contributed by atoms with E-state index in [2.05, 4.69) is 15.4 Å². The van der Waals surface area contributed by atoms with Crippen molar-refractivity contribution in [1.29, 1.82) is 0 Å². The summed E-state index contributed by atoms with van der Waals surface area (Å²) in [6.07, 6.45) is 3.20. The van der Waals surface area contributed by atoms with Gasteiger partial charge in [0.05, 0.1) is 11.1 Å². The van der Waals surface area contributed by atoms with Crippen LogP contribution >= 0.6 is 11.3 Å². The van der Waals surface area contributed by atoms with E-state index >= 15 is 0 Å². The highest BCUT2D eigenvalue weighted by Gasteiger charge is 2.30. The van der Waals surface area contributed by atoms with Gasteiger partial charge in [-0.3, -0.25) is 4.79 Å². The lowest BCUT2D eigenvalue weighted by Gasteiger charge is -2.34. The van der Waals surface area contributed by atoms with Crippen LogP contribution in [0.5, 0.6) is 0 Å². The van der Waals surface area contributed by atoms with Gasteiger partial charge in [-0.15, -0.1) is 11.3 Å². The Morgan fingerprint density at radius 3 is 2.54 bits per heavy atom. The van der Waals surface area contributed by atoms with Gasteiger partial charge in [0.2, 0.25) is 10.0 Å². The summed E-state index contributed by atoms with van der Waals surface area (Å²) in [7, 11) is 0.0806. The normalized spacial score (nSPS) is 16.7. The average molecular weight is 421 g/mol. The number of benzene rings is 1. The van der Waals surface area contributed by atoms with Crippen molar-refractivity contribution in [3.05, 3.63) is 52.2 Å². The maximum absolute atomic E-state index is 12.9. The van der Waals surface area contributed by atoms with Crippen molar-refractivity contribution >= 4 is 33.5 Å². The topological polar surface area (TPSA) is 82.1 Å². The lowest BCUT2D eigenvalue weighted by molar-refractivity contribution is 0.0955. The maximum atomic E-state index is 12.9. The van der Waals surface area contributed by atoms with Crippen LogP contribution in [0.1, 0.15) is 28.1 Å². The molecule has 0 radical (unpaired) electrons. The van der Waals surface area contributed by atoms with Crippen molar-refractivity contribution in [3.8, 4) is 0 Å². The van der Waals surface area contributed by atoms with Crippen molar-refractivity contribution in [1.82, 2.24) is 14.6 Å². The van der Waals surface area contributed by atoms with Gasteiger partial charge in [-0.1, -0.05) is 6.07 Å². The molecule has 0 spiro atoms. The lowest BCUT2D eigenvalue weighted by Crippen LogP contribution is -2.44. The summed E-state index contributed by atoms with van der Waals surface area (Å²) in [5.41, 5.74) is 2.80. The first-order valence-electron chi connectivity index (χ1n) is 9.01. The van der Waals surface area contributed by atoms with E-state index in [-0.39, 0.29) is 16.8 Å². The second kappa shape index (κ2) is 8.95. The quantitative estimate of drug-likeness (QED) is 0.574. The highest BCUT2D eigenvalue weighted by Crippen LogP contribution is 2.22. The number of sulfonamides is 1. The van der Waals surface area contributed by atoms with Gasteiger partial charge in [-0.2, -0.15) is 9.41 Å². The zero-order valence-corrected chi connectivity index (χ0v) is 17.5. The second-order valence-electron chi connectivity index (χ2n) is 6.79. The number of nitrogens with one attached hydrogen (secondary N) is 1. The van der Waals surface area contributed by atoms with Crippen molar-refractivity contribution in [2.45, 2.75) is 23.8 Å². The molecule has 1 N–H and O–H groups in total. The minimum Gasteiger partial charge on any atom is -0.306 e. The minimum absolute atomic E-state index is 0.00392.